The average molecular weight is 268 g/mol. The molecule has 0 aliphatic carbocycles. The number of carbonyl (C=O) groups is 1. The van der Waals surface area contributed by atoms with Gasteiger partial charge >= 0.3 is 5.97 Å². The maximum Gasteiger partial charge on any atom is 0.306 e. The van der Waals surface area contributed by atoms with Gasteiger partial charge < -0.3 is 4.74 Å². The third-order valence-corrected chi connectivity index (χ3v) is 3.26. The maximum atomic E-state index is 11.3. The van der Waals surface area contributed by atoms with Crippen molar-refractivity contribution in [2.75, 3.05) is 6.61 Å². The van der Waals surface area contributed by atoms with Gasteiger partial charge in [0.2, 0.25) is 0 Å². The van der Waals surface area contributed by atoms with Gasteiger partial charge in [-0.15, -0.1) is 0 Å². The summed E-state index contributed by atoms with van der Waals surface area (Å²) >= 11 is 0. The Hall–Kier alpha value is -0.790. The molecule has 2 heteroatoms. The summed E-state index contributed by atoms with van der Waals surface area (Å²) in [7, 11) is 0. The van der Waals surface area contributed by atoms with Gasteiger partial charge in [-0.2, -0.15) is 0 Å². The van der Waals surface area contributed by atoms with E-state index in [1.165, 1.54) is 19.3 Å². The predicted octanol–water partition coefficient (Wildman–Crippen LogP) is 4.98. The molecule has 0 unspecified atom stereocenters. The van der Waals surface area contributed by atoms with Gasteiger partial charge in [-0.1, -0.05) is 52.7 Å². The fourth-order valence-electron chi connectivity index (χ4n) is 2.08. The molecule has 0 radical (unpaired) electrons. The zero-order chi connectivity index (χ0) is 14.7. The summed E-state index contributed by atoms with van der Waals surface area (Å²) in [4.78, 5) is 11.3. The lowest BCUT2D eigenvalue weighted by Gasteiger charge is -2.10. The number of hydrogen-bond acceptors (Lipinski definition) is 2. The van der Waals surface area contributed by atoms with Gasteiger partial charge in [-0.05, 0) is 37.5 Å². The van der Waals surface area contributed by atoms with E-state index < -0.39 is 0 Å². The Morgan fingerprint density at radius 1 is 1.16 bits per heavy atom. The van der Waals surface area contributed by atoms with E-state index in [1.54, 1.807) is 0 Å². The first-order chi connectivity index (χ1) is 8.95. The lowest BCUT2D eigenvalue weighted by molar-refractivity contribution is -0.144. The van der Waals surface area contributed by atoms with Gasteiger partial charge in [0.25, 0.3) is 0 Å². The molecule has 0 aromatic carbocycles. The highest BCUT2D eigenvalue weighted by atomic mass is 16.5. The topological polar surface area (TPSA) is 26.3 Å². The molecule has 0 aliphatic rings. The summed E-state index contributed by atoms with van der Waals surface area (Å²) in [6, 6.07) is 0. The van der Waals surface area contributed by atoms with Crippen molar-refractivity contribution < 1.29 is 9.53 Å². The van der Waals surface area contributed by atoms with Gasteiger partial charge in [0.05, 0.1) is 6.61 Å². The minimum absolute atomic E-state index is 0.0756. The van der Waals surface area contributed by atoms with E-state index in [0.29, 0.717) is 24.9 Å². The Morgan fingerprint density at radius 3 is 2.42 bits per heavy atom. The van der Waals surface area contributed by atoms with Crippen LogP contribution in [0.4, 0.5) is 0 Å². The van der Waals surface area contributed by atoms with Crippen LogP contribution in [0, 0.1) is 17.8 Å². The summed E-state index contributed by atoms with van der Waals surface area (Å²) < 4.78 is 4.95. The Labute approximate surface area is 119 Å². The van der Waals surface area contributed by atoms with E-state index in [2.05, 4.69) is 39.8 Å². The molecule has 2 nitrogen and oxygen atoms in total. The monoisotopic (exact) mass is 268 g/mol. The lowest BCUT2D eigenvalue weighted by atomic mass is 9.97. The quantitative estimate of drug-likeness (QED) is 0.412. The SMILES string of the molecule is CCOC(=O)C[C@H](C)CC=C[C@H](C)CCCC(C)C. The van der Waals surface area contributed by atoms with Crippen molar-refractivity contribution in [1.29, 1.82) is 0 Å². The smallest absolute Gasteiger partial charge is 0.306 e. The highest BCUT2D eigenvalue weighted by molar-refractivity contribution is 5.69. The van der Waals surface area contributed by atoms with Crippen LogP contribution in [-0.2, 0) is 9.53 Å². The van der Waals surface area contributed by atoms with Crippen LogP contribution in [0.1, 0.15) is 66.7 Å². The minimum Gasteiger partial charge on any atom is -0.466 e. The first-order valence-electron chi connectivity index (χ1n) is 7.77. The van der Waals surface area contributed by atoms with E-state index >= 15 is 0 Å². The molecule has 2 atom stereocenters. The molecule has 0 heterocycles. The summed E-state index contributed by atoms with van der Waals surface area (Å²) in [5.41, 5.74) is 0. The van der Waals surface area contributed by atoms with E-state index in [1.807, 2.05) is 6.92 Å². The summed E-state index contributed by atoms with van der Waals surface area (Å²) in [6.45, 7) is 11.3. The van der Waals surface area contributed by atoms with Crippen molar-refractivity contribution in [3.8, 4) is 0 Å². The second-order valence-electron chi connectivity index (χ2n) is 6.08. The molecule has 19 heavy (non-hydrogen) atoms. The van der Waals surface area contributed by atoms with Crippen molar-refractivity contribution in [3.05, 3.63) is 12.2 Å². The average Bonchev–Trinajstić information content (AvgIpc) is 2.28. The third kappa shape index (κ3) is 12.0. The summed E-state index contributed by atoms with van der Waals surface area (Å²) in [5.74, 6) is 1.75. The third-order valence-electron chi connectivity index (χ3n) is 3.26. The molecule has 0 spiro atoms. The fraction of sp³-hybridized carbons (Fsp3) is 0.824. The number of ether oxygens (including phenoxy) is 1. The molecular weight excluding hydrogens is 236 g/mol. The number of rotatable bonds is 10. The Morgan fingerprint density at radius 2 is 1.84 bits per heavy atom. The van der Waals surface area contributed by atoms with Gasteiger partial charge in [0, 0.05) is 6.42 Å². The van der Waals surface area contributed by atoms with Crippen LogP contribution in [0.3, 0.4) is 0 Å². The Balaban J connectivity index is 3.72. The van der Waals surface area contributed by atoms with E-state index in [9.17, 15) is 4.79 Å². The van der Waals surface area contributed by atoms with Crippen LogP contribution in [0.25, 0.3) is 0 Å². The number of allylic oxidation sites excluding steroid dienone is 2. The highest BCUT2D eigenvalue weighted by Crippen LogP contribution is 2.15. The lowest BCUT2D eigenvalue weighted by Crippen LogP contribution is -2.08. The number of carbonyl (C=O) groups excluding carboxylic acids is 1. The summed E-state index contributed by atoms with van der Waals surface area (Å²) in [5, 5.41) is 0. The maximum absolute atomic E-state index is 11.3. The van der Waals surface area contributed by atoms with E-state index in [-0.39, 0.29) is 5.97 Å². The standard InChI is InChI=1S/C17H32O2/c1-6-19-17(18)13-16(5)12-8-11-15(4)10-7-9-14(2)3/h8,11,14-16H,6-7,9-10,12-13H2,1-5H3/t15-,16-/m1/s1. The molecule has 0 aromatic heterocycles. The molecule has 0 saturated carbocycles. The Kier molecular flexibility index (Phi) is 10.6. The molecule has 0 bridgehead atoms. The molecule has 112 valence electrons. The van der Waals surface area contributed by atoms with Gasteiger partial charge in [-0.3, -0.25) is 4.79 Å². The zero-order valence-electron chi connectivity index (χ0n) is 13.4. The van der Waals surface area contributed by atoms with Gasteiger partial charge in [0.15, 0.2) is 0 Å². The van der Waals surface area contributed by atoms with Crippen LogP contribution in [-0.4, -0.2) is 12.6 Å². The molecule has 0 saturated heterocycles. The first-order valence-corrected chi connectivity index (χ1v) is 7.77. The van der Waals surface area contributed by atoms with Crippen molar-refractivity contribution >= 4 is 5.97 Å². The van der Waals surface area contributed by atoms with Crippen molar-refractivity contribution in [3.63, 3.8) is 0 Å². The molecule has 0 aliphatic heterocycles. The molecular formula is C17H32O2. The van der Waals surface area contributed by atoms with Crippen LogP contribution in [0.2, 0.25) is 0 Å². The number of esters is 1. The van der Waals surface area contributed by atoms with Crippen molar-refractivity contribution in [2.45, 2.75) is 66.7 Å². The molecule has 0 rings (SSSR count). The Bertz CT molecular complexity index is 256. The highest BCUT2D eigenvalue weighted by Gasteiger charge is 2.08. The second kappa shape index (κ2) is 11.1. The normalized spacial score (nSPS) is 14.8. The van der Waals surface area contributed by atoms with Crippen molar-refractivity contribution in [1.82, 2.24) is 0 Å². The number of hydrogen-bond donors (Lipinski definition) is 0. The van der Waals surface area contributed by atoms with Crippen LogP contribution >= 0.6 is 0 Å². The molecule has 0 fully saturated rings. The van der Waals surface area contributed by atoms with E-state index in [0.717, 1.165) is 12.3 Å². The molecule has 0 amide bonds. The summed E-state index contributed by atoms with van der Waals surface area (Å²) in [6.07, 6.45) is 9.90. The van der Waals surface area contributed by atoms with Gasteiger partial charge in [-0.25, -0.2) is 0 Å². The first kappa shape index (κ1) is 18.2. The van der Waals surface area contributed by atoms with Crippen LogP contribution < -0.4 is 0 Å². The molecule has 0 N–H and O–H groups in total. The van der Waals surface area contributed by atoms with Crippen LogP contribution in [0.15, 0.2) is 12.2 Å². The largest absolute Gasteiger partial charge is 0.466 e. The predicted molar refractivity (Wildman–Crippen MR) is 82.0 cm³/mol. The molecule has 0 aromatic rings. The fourth-order valence-corrected chi connectivity index (χ4v) is 2.08. The van der Waals surface area contributed by atoms with Crippen LogP contribution in [0.5, 0.6) is 0 Å². The minimum atomic E-state index is -0.0756. The zero-order valence-corrected chi connectivity index (χ0v) is 13.4. The second-order valence-corrected chi connectivity index (χ2v) is 6.08. The van der Waals surface area contributed by atoms with Crippen molar-refractivity contribution in [2.24, 2.45) is 17.8 Å². The van der Waals surface area contributed by atoms with E-state index in [4.69, 9.17) is 4.74 Å². The van der Waals surface area contributed by atoms with Gasteiger partial charge in [0.1, 0.15) is 0 Å².